The number of rotatable bonds is 4. The molecule has 276 valence electrons. The lowest BCUT2D eigenvalue weighted by atomic mass is 9.67. The molecule has 0 saturated carbocycles. The zero-order valence-corrected chi connectivity index (χ0v) is 32.5. The van der Waals surface area contributed by atoms with Crippen LogP contribution in [0.2, 0.25) is 0 Å². The molecule has 3 nitrogen and oxygen atoms in total. The van der Waals surface area contributed by atoms with Crippen molar-refractivity contribution in [3.8, 4) is 22.3 Å². The predicted octanol–water partition coefficient (Wildman–Crippen LogP) is 15.4. The largest absolute Gasteiger partial charge is 0.456 e. The van der Waals surface area contributed by atoms with Gasteiger partial charge in [0.2, 0.25) is 0 Å². The van der Waals surface area contributed by atoms with Crippen LogP contribution in [0.15, 0.2) is 219 Å². The maximum atomic E-state index is 6.66. The quantitative estimate of drug-likeness (QED) is 0.178. The number of para-hydroxylation sites is 1. The van der Waals surface area contributed by atoms with Crippen molar-refractivity contribution in [3.63, 3.8) is 0 Å². The number of nitrogens with zero attached hydrogens (tertiary/aromatic N) is 1. The van der Waals surface area contributed by atoms with Gasteiger partial charge in [-0.05, 0) is 105 Å². The van der Waals surface area contributed by atoms with E-state index in [-0.39, 0.29) is 0 Å². The summed E-state index contributed by atoms with van der Waals surface area (Å²) in [6.07, 6.45) is 0. The fraction of sp³-hybridized carbons (Fsp3) is 0.0182. The minimum Gasteiger partial charge on any atom is -0.456 e. The highest BCUT2D eigenvalue weighted by atomic mass is 32.2. The lowest BCUT2D eigenvalue weighted by Crippen LogP contribution is -2.32. The molecule has 0 saturated heterocycles. The summed E-state index contributed by atoms with van der Waals surface area (Å²) >= 11 is 1.87. The van der Waals surface area contributed by atoms with Crippen LogP contribution in [0, 0.1) is 0 Å². The fourth-order valence-electron chi connectivity index (χ4n) is 10.1. The molecule has 0 fully saturated rings. The molecule has 11 aromatic rings. The van der Waals surface area contributed by atoms with E-state index in [1.54, 1.807) is 0 Å². The molecule has 0 amide bonds. The number of hydrogen-bond donors (Lipinski definition) is 0. The monoisotopic (exact) mass is 771 g/mol. The highest BCUT2D eigenvalue weighted by Crippen LogP contribution is 2.62. The van der Waals surface area contributed by atoms with E-state index in [1.807, 2.05) is 17.8 Å². The number of furan rings is 2. The topological polar surface area (TPSA) is 29.5 Å². The number of benzene rings is 9. The minimum atomic E-state index is -0.455. The highest BCUT2D eigenvalue weighted by Gasteiger charge is 2.50. The van der Waals surface area contributed by atoms with E-state index >= 15 is 0 Å². The molecule has 2 aliphatic rings. The Bertz CT molecular complexity index is 3460. The zero-order chi connectivity index (χ0) is 38.7. The van der Waals surface area contributed by atoms with Gasteiger partial charge < -0.3 is 13.7 Å². The summed E-state index contributed by atoms with van der Waals surface area (Å²) in [7, 11) is 0. The first-order valence-corrected chi connectivity index (χ1v) is 20.9. The SMILES string of the molecule is c1ccc(-c2ccc3oc4cccc(N(c5ccc6c(c5)Sc5ccccc5C65c6ccccc6-c6ccccc65)c5cccc6oc7ccccc7c56)c4c3c2)cc1. The van der Waals surface area contributed by atoms with Gasteiger partial charge in [-0.1, -0.05) is 151 Å². The van der Waals surface area contributed by atoms with E-state index in [4.69, 9.17) is 8.83 Å². The van der Waals surface area contributed by atoms with Gasteiger partial charge in [0.25, 0.3) is 0 Å². The molecular weight excluding hydrogens is 739 g/mol. The van der Waals surface area contributed by atoms with Crippen LogP contribution < -0.4 is 4.90 Å². The lowest BCUT2D eigenvalue weighted by Gasteiger charge is -2.40. The molecule has 0 bridgehead atoms. The van der Waals surface area contributed by atoms with Crippen LogP contribution in [0.4, 0.5) is 17.1 Å². The highest BCUT2D eigenvalue weighted by molar-refractivity contribution is 7.99. The fourth-order valence-corrected chi connectivity index (χ4v) is 11.4. The van der Waals surface area contributed by atoms with Crippen LogP contribution in [-0.2, 0) is 5.41 Å². The smallest absolute Gasteiger partial charge is 0.137 e. The molecule has 13 rings (SSSR count). The summed E-state index contributed by atoms with van der Waals surface area (Å²) < 4.78 is 13.2. The van der Waals surface area contributed by atoms with Crippen molar-refractivity contribution in [2.45, 2.75) is 15.2 Å². The van der Waals surface area contributed by atoms with Gasteiger partial charge in [-0.15, -0.1) is 0 Å². The van der Waals surface area contributed by atoms with Gasteiger partial charge in [0, 0.05) is 26.3 Å². The Hall–Kier alpha value is -7.27. The Balaban J connectivity index is 1.11. The van der Waals surface area contributed by atoms with Crippen molar-refractivity contribution in [1.29, 1.82) is 0 Å². The average molecular weight is 772 g/mol. The summed E-state index contributed by atoms with van der Waals surface area (Å²) in [5.74, 6) is 0. The average Bonchev–Trinajstić information content (AvgIpc) is 3.96. The summed E-state index contributed by atoms with van der Waals surface area (Å²) in [6, 6.07) is 72.5. The third kappa shape index (κ3) is 4.55. The van der Waals surface area contributed by atoms with Crippen molar-refractivity contribution in [2.24, 2.45) is 0 Å². The van der Waals surface area contributed by atoms with E-state index < -0.39 is 5.41 Å². The van der Waals surface area contributed by atoms with Crippen LogP contribution in [0.25, 0.3) is 66.1 Å². The molecule has 1 aliphatic carbocycles. The van der Waals surface area contributed by atoms with E-state index in [0.29, 0.717) is 0 Å². The van der Waals surface area contributed by atoms with Crippen molar-refractivity contribution < 1.29 is 8.83 Å². The van der Waals surface area contributed by atoms with Gasteiger partial charge in [0.05, 0.1) is 27.6 Å². The van der Waals surface area contributed by atoms with Gasteiger partial charge >= 0.3 is 0 Å². The maximum absolute atomic E-state index is 6.66. The Morgan fingerprint density at radius 2 is 0.949 bits per heavy atom. The number of fused-ring (bicyclic) bond motifs is 15. The van der Waals surface area contributed by atoms with Gasteiger partial charge in [0.15, 0.2) is 0 Å². The van der Waals surface area contributed by atoms with E-state index in [1.165, 1.54) is 48.7 Å². The van der Waals surface area contributed by atoms with Crippen LogP contribution in [0.3, 0.4) is 0 Å². The first-order chi connectivity index (χ1) is 29.3. The van der Waals surface area contributed by atoms with Crippen molar-refractivity contribution in [1.82, 2.24) is 0 Å². The summed E-state index contributed by atoms with van der Waals surface area (Å²) in [5, 5.41) is 4.29. The van der Waals surface area contributed by atoms with Crippen molar-refractivity contribution in [3.05, 3.63) is 222 Å². The normalized spacial score (nSPS) is 13.5. The van der Waals surface area contributed by atoms with Gasteiger partial charge in [-0.3, -0.25) is 0 Å². The Morgan fingerprint density at radius 3 is 1.69 bits per heavy atom. The maximum Gasteiger partial charge on any atom is 0.137 e. The molecule has 3 heterocycles. The molecule has 0 N–H and O–H groups in total. The minimum absolute atomic E-state index is 0.455. The predicted molar refractivity (Wildman–Crippen MR) is 243 cm³/mol. The van der Waals surface area contributed by atoms with Crippen molar-refractivity contribution in [2.75, 3.05) is 4.90 Å². The summed E-state index contributed by atoms with van der Waals surface area (Å²) in [4.78, 5) is 4.94. The van der Waals surface area contributed by atoms with Gasteiger partial charge in [-0.2, -0.15) is 0 Å². The molecule has 0 atom stereocenters. The first kappa shape index (κ1) is 32.8. The second-order valence-corrected chi connectivity index (χ2v) is 16.6. The third-order valence-corrected chi connectivity index (χ3v) is 13.7. The van der Waals surface area contributed by atoms with Crippen LogP contribution in [0.5, 0.6) is 0 Å². The van der Waals surface area contributed by atoms with E-state index in [0.717, 1.165) is 66.5 Å². The molecule has 59 heavy (non-hydrogen) atoms. The molecule has 0 unspecified atom stereocenters. The van der Waals surface area contributed by atoms with E-state index in [9.17, 15) is 0 Å². The second kappa shape index (κ2) is 12.4. The van der Waals surface area contributed by atoms with Crippen LogP contribution in [0.1, 0.15) is 22.3 Å². The molecule has 1 aliphatic heterocycles. The summed E-state index contributed by atoms with van der Waals surface area (Å²) in [5.41, 5.74) is 16.3. The third-order valence-electron chi connectivity index (χ3n) is 12.5. The Morgan fingerprint density at radius 1 is 0.373 bits per heavy atom. The molecule has 0 radical (unpaired) electrons. The zero-order valence-electron chi connectivity index (χ0n) is 31.7. The lowest BCUT2D eigenvalue weighted by molar-refractivity contribution is 0.669. The van der Waals surface area contributed by atoms with Gasteiger partial charge in [0.1, 0.15) is 22.3 Å². The van der Waals surface area contributed by atoms with Crippen LogP contribution >= 0.6 is 11.8 Å². The number of hydrogen-bond acceptors (Lipinski definition) is 4. The summed E-state index contributed by atoms with van der Waals surface area (Å²) in [6.45, 7) is 0. The second-order valence-electron chi connectivity index (χ2n) is 15.5. The molecular formula is C55H33NO2S. The molecule has 1 spiro atoms. The van der Waals surface area contributed by atoms with Crippen molar-refractivity contribution >= 4 is 72.7 Å². The van der Waals surface area contributed by atoms with E-state index in [2.05, 4.69) is 199 Å². The Kier molecular flexibility index (Phi) is 6.87. The van der Waals surface area contributed by atoms with Crippen LogP contribution in [-0.4, -0.2) is 0 Å². The Labute approximate surface area is 344 Å². The molecule has 9 aromatic carbocycles. The van der Waals surface area contributed by atoms with Gasteiger partial charge in [-0.25, -0.2) is 0 Å². The number of anilines is 3. The molecule has 2 aromatic heterocycles. The molecule has 4 heteroatoms. The first-order valence-electron chi connectivity index (χ1n) is 20.1. The standard InChI is InChI=1S/C55H33NO2S/c1-2-14-34(15-3-1)35-28-31-48-40(32-35)54-46(23-13-26-50(54)58-48)56(45-22-12-25-49-53(45)39-18-6-10-24-47(39)57-49)36-29-30-44-52(33-36)59-51-27-11-9-21-43(51)55(44)41-19-7-4-16-37(41)38-17-5-8-20-42(38)55/h1-33H.